The van der Waals surface area contributed by atoms with Crippen molar-refractivity contribution in [3.05, 3.63) is 28.2 Å². The zero-order valence-corrected chi connectivity index (χ0v) is 8.04. The molecule has 0 spiro atoms. The van der Waals surface area contributed by atoms with Crippen molar-refractivity contribution in [3.8, 4) is 5.75 Å². The molecule has 0 aliphatic heterocycles. The van der Waals surface area contributed by atoms with Crippen molar-refractivity contribution in [1.29, 1.82) is 0 Å². The summed E-state index contributed by atoms with van der Waals surface area (Å²) in [6.07, 6.45) is -0.427. The molecule has 1 aromatic heterocycles. The second-order valence-electron chi connectivity index (χ2n) is 3.02. The van der Waals surface area contributed by atoms with Gasteiger partial charge in [-0.25, -0.2) is 0 Å². The van der Waals surface area contributed by atoms with Crippen LogP contribution in [0.2, 0.25) is 0 Å². The van der Waals surface area contributed by atoms with Gasteiger partial charge in [-0.3, -0.25) is 14.2 Å². The van der Waals surface area contributed by atoms with Crippen LogP contribution in [0, 0.1) is 6.92 Å². The van der Waals surface area contributed by atoms with Gasteiger partial charge >= 0.3 is 0 Å². The van der Waals surface area contributed by atoms with Crippen LogP contribution in [0.4, 0.5) is 0 Å². The average molecular weight is 213 g/mol. The Morgan fingerprint density at radius 2 is 2.20 bits per heavy atom. The van der Waals surface area contributed by atoms with Crippen molar-refractivity contribution < 1.29 is 20.1 Å². The third-order valence-corrected chi connectivity index (χ3v) is 2.01. The van der Waals surface area contributed by atoms with E-state index in [1.165, 1.54) is 6.92 Å². The summed E-state index contributed by atoms with van der Waals surface area (Å²) >= 11 is 0. The summed E-state index contributed by atoms with van der Waals surface area (Å²) in [7, 11) is 0. The lowest BCUT2D eigenvalue weighted by atomic mass is 10.3. The molecule has 15 heavy (non-hydrogen) atoms. The van der Waals surface area contributed by atoms with Gasteiger partial charge in [0.1, 0.15) is 0 Å². The molecular weight excluding hydrogens is 202 g/mol. The Kier molecular flexibility index (Phi) is 3.23. The number of rotatable bonds is 2. The van der Waals surface area contributed by atoms with Gasteiger partial charge in [-0.15, -0.1) is 0 Å². The third kappa shape index (κ3) is 2.05. The maximum Gasteiger partial charge on any atom is 0.262 e. The Labute approximate surface area is 85.0 Å². The Balaban J connectivity index is 3.22. The molecule has 0 saturated carbocycles. The molecule has 1 unspecified atom stereocenters. The fourth-order valence-corrected chi connectivity index (χ4v) is 1.10. The van der Waals surface area contributed by atoms with Crippen molar-refractivity contribution >= 4 is 5.91 Å². The topological polar surface area (TPSA) is 99.8 Å². The van der Waals surface area contributed by atoms with Gasteiger partial charge in [-0.05, 0) is 6.92 Å². The first-order chi connectivity index (χ1) is 6.99. The van der Waals surface area contributed by atoms with Crippen LogP contribution in [-0.2, 0) is 0 Å². The molecule has 0 radical (unpaired) electrons. The van der Waals surface area contributed by atoms with E-state index in [0.717, 1.165) is 16.8 Å². The number of hydrogen-bond acceptors (Lipinski definition) is 5. The first-order valence-electron chi connectivity index (χ1n) is 4.23. The fraction of sp³-hybridized carbons (Fsp3) is 0.333. The number of nitrogens with zero attached hydrogens (tertiary/aromatic N) is 1. The van der Waals surface area contributed by atoms with Crippen LogP contribution >= 0.6 is 0 Å². The molecule has 1 rings (SSSR count). The van der Waals surface area contributed by atoms with E-state index in [1.807, 2.05) is 0 Å². The van der Waals surface area contributed by atoms with Crippen molar-refractivity contribution in [3.63, 3.8) is 0 Å². The summed E-state index contributed by atoms with van der Waals surface area (Å²) in [5.74, 6) is -1.35. The molecule has 0 fully saturated rings. The van der Waals surface area contributed by atoms with E-state index < -0.39 is 29.8 Å². The zero-order chi connectivity index (χ0) is 11.6. The molecule has 0 aromatic carbocycles. The largest absolute Gasteiger partial charge is 0.503 e. The van der Waals surface area contributed by atoms with E-state index in [4.69, 9.17) is 10.2 Å². The summed E-state index contributed by atoms with van der Waals surface area (Å²) in [5, 5.41) is 26.9. The lowest BCUT2D eigenvalue weighted by molar-refractivity contribution is 0.0495. The van der Waals surface area contributed by atoms with Gasteiger partial charge in [-0.2, -0.15) is 0 Å². The Morgan fingerprint density at radius 1 is 1.60 bits per heavy atom. The molecule has 82 valence electrons. The number of carbonyl (C=O) groups excluding carboxylic acids is 1. The minimum atomic E-state index is -1.56. The number of aromatic hydroxyl groups is 1. The monoisotopic (exact) mass is 213 g/mol. The molecule has 1 heterocycles. The van der Waals surface area contributed by atoms with E-state index in [1.54, 1.807) is 0 Å². The van der Waals surface area contributed by atoms with E-state index in [0.29, 0.717) is 0 Å². The summed E-state index contributed by atoms with van der Waals surface area (Å²) in [5.41, 5.74) is -0.574. The summed E-state index contributed by atoms with van der Waals surface area (Å²) in [6, 6.07) is 1.00. The Morgan fingerprint density at radius 3 is 2.73 bits per heavy atom. The van der Waals surface area contributed by atoms with Gasteiger partial charge in [0.05, 0.1) is 12.3 Å². The number of hydrogen-bond donors (Lipinski definition) is 3. The van der Waals surface area contributed by atoms with Crippen LogP contribution in [0.25, 0.3) is 0 Å². The standard InChI is InChI=1S/C9H11NO5/c1-5-8(14)6(12)2-3-10(5)9(15)7(13)4-11/h2-3,7,11,13-14H,4H2,1H3. The number of aliphatic hydroxyl groups excluding tert-OH is 2. The normalized spacial score (nSPS) is 12.5. The highest BCUT2D eigenvalue weighted by molar-refractivity contribution is 5.84. The first-order valence-corrected chi connectivity index (χ1v) is 4.23. The molecule has 3 N–H and O–H groups in total. The van der Waals surface area contributed by atoms with E-state index >= 15 is 0 Å². The number of aromatic nitrogens is 1. The smallest absolute Gasteiger partial charge is 0.262 e. The van der Waals surface area contributed by atoms with Gasteiger partial charge in [0.25, 0.3) is 5.91 Å². The van der Waals surface area contributed by atoms with Crippen LogP contribution in [0.1, 0.15) is 10.5 Å². The van der Waals surface area contributed by atoms with Crippen molar-refractivity contribution in [2.24, 2.45) is 0 Å². The van der Waals surface area contributed by atoms with Gasteiger partial charge in [0.15, 0.2) is 11.9 Å². The second kappa shape index (κ2) is 4.24. The van der Waals surface area contributed by atoms with Gasteiger partial charge in [0.2, 0.25) is 5.43 Å². The average Bonchev–Trinajstić information content (AvgIpc) is 2.24. The van der Waals surface area contributed by atoms with Crippen LogP contribution in [0.3, 0.4) is 0 Å². The molecule has 0 amide bonds. The quantitative estimate of drug-likeness (QED) is 0.576. The van der Waals surface area contributed by atoms with E-state index in [-0.39, 0.29) is 5.69 Å². The fourth-order valence-electron chi connectivity index (χ4n) is 1.10. The molecular formula is C9H11NO5. The molecule has 6 nitrogen and oxygen atoms in total. The lowest BCUT2D eigenvalue weighted by Gasteiger charge is -2.12. The number of carbonyl (C=O) groups is 1. The van der Waals surface area contributed by atoms with Gasteiger partial charge < -0.3 is 15.3 Å². The maximum absolute atomic E-state index is 11.4. The Bertz CT molecular complexity index is 437. The molecule has 0 aliphatic carbocycles. The molecule has 0 aliphatic rings. The number of aliphatic hydroxyl groups is 2. The summed E-state index contributed by atoms with van der Waals surface area (Å²) in [4.78, 5) is 22.4. The molecule has 1 atom stereocenters. The van der Waals surface area contributed by atoms with Gasteiger partial charge in [-0.1, -0.05) is 0 Å². The third-order valence-electron chi connectivity index (χ3n) is 2.01. The van der Waals surface area contributed by atoms with Crippen molar-refractivity contribution in [1.82, 2.24) is 4.57 Å². The highest BCUT2D eigenvalue weighted by Crippen LogP contribution is 2.09. The lowest BCUT2D eigenvalue weighted by Crippen LogP contribution is -2.31. The van der Waals surface area contributed by atoms with Crippen LogP contribution in [-0.4, -0.2) is 38.5 Å². The van der Waals surface area contributed by atoms with Crippen LogP contribution in [0.5, 0.6) is 5.75 Å². The zero-order valence-electron chi connectivity index (χ0n) is 8.04. The molecule has 1 aromatic rings. The first kappa shape index (κ1) is 11.4. The minimum Gasteiger partial charge on any atom is -0.503 e. The van der Waals surface area contributed by atoms with Crippen molar-refractivity contribution in [2.75, 3.05) is 6.61 Å². The molecule has 0 saturated heterocycles. The van der Waals surface area contributed by atoms with E-state index in [2.05, 4.69) is 0 Å². The second-order valence-corrected chi connectivity index (χ2v) is 3.02. The van der Waals surface area contributed by atoms with Crippen LogP contribution in [0.15, 0.2) is 17.1 Å². The molecule has 0 bridgehead atoms. The highest BCUT2D eigenvalue weighted by atomic mass is 16.3. The SMILES string of the molecule is Cc1c(O)c(=O)ccn1C(=O)C(O)CO. The summed E-state index contributed by atoms with van der Waals surface area (Å²) in [6.45, 7) is 0.643. The van der Waals surface area contributed by atoms with E-state index in [9.17, 15) is 14.7 Å². The van der Waals surface area contributed by atoms with Gasteiger partial charge in [0, 0.05) is 12.3 Å². The minimum absolute atomic E-state index is 0.0278. The van der Waals surface area contributed by atoms with Crippen molar-refractivity contribution in [2.45, 2.75) is 13.0 Å². The number of pyridine rings is 1. The summed E-state index contributed by atoms with van der Waals surface area (Å²) < 4.78 is 0.914. The molecule has 6 heteroatoms. The predicted molar refractivity (Wildman–Crippen MR) is 50.8 cm³/mol. The highest BCUT2D eigenvalue weighted by Gasteiger charge is 2.18. The predicted octanol–water partition coefficient (Wildman–Crippen LogP) is -1.14. The Hall–Kier alpha value is -1.66. The maximum atomic E-state index is 11.4. The van der Waals surface area contributed by atoms with Crippen LogP contribution < -0.4 is 5.43 Å².